The van der Waals surface area contributed by atoms with E-state index in [9.17, 15) is 0 Å². The Balaban J connectivity index is 1.82. The molecule has 0 amide bonds. The van der Waals surface area contributed by atoms with Gasteiger partial charge in [0.2, 0.25) is 0 Å². The normalized spacial score (nSPS) is 17.2. The first-order valence-electron chi connectivity index (χ1n) is 6.53. The number of aryl methyl sites for hydroxylation is 1. The Morgan fingerprint density at radius 2 is 2.00 bits per heavy atom. The van der Waals surface area contributed by atoms with Gasteiger partial charge < -0.3 is 9.88 Å². The minimum Gasteiger partial charge on any atom is -0.352 e. The fraction of sp³-hybridized carbons (Fsp3) is 0.714. The van der Waals surface area contributed by atoms with Gasteiger partial charge in [0.25, 0.3) is 0 Å². The zero-order valence-corrected chi connectivity index (χ0v) is 10.8. The standard InChI is InChI=1S/C14H24N2/c1-11-10-13(12(2)16(11)3)8-9-15-14-6-4-5-7-14/h10,14-15H,4-9H2,1-3H3. The lowest BCUT2D eigenvalue weighted by Crippen LogP contribution is -2.28. The van der Waals surface area contributed by atoms with E-state index in [-0.39, 0.29) is 0 Å². The molecule has 1 aromatic heterocycles. The number of nitrogens with one attached hydrogen (secondary N) is 1. The number of hydrogen-bond acceptors (Lipinski definition) is 1. The van der Waals surface area contributed by atoms with Crippen LogP contribution in [0.25, 0.3) is 0 Å². The summed E-state index contributed by atoms with van der Waals surface area (Å²) < 4.78 is 2.28. The largest absolute Gasteiger partial charge is 0.352 e. The Bertz CT molecular complexity index is 346. The van der Waals surface area contributed by atoms with Crippen LogP contribution in [-0.2, 0) is 13.5 Å². The quantitative estimate of drug-likeness (QED) is 0.825. The van der Waals surface area contributed by atoms with Crippen molar-refractivity contribution < 1.29 is 0 Å². The van der Waals surface area contributed by atoms with Crippen LogP contribution in [0.15, 0.2) is 6.07 Å². The molecule has 90 valence electrons. The van der Waals surface area contributed by atoms with E-state index in [0.717, 1.165) is 12.6 Å². The lowest BCUT2D eigenvalue weighted by atomic mass is 10.1. The van der Waals surface area contributed by atoms with Gasteiger partial charge in [0.15, 0.2) is 0 Å². The first kappa shape index (κ1) is 11.7. The maximum Gasteiger partial charge on any atom is 0.0175 e. The molecule has 1 aromatic rings. The maximum atomic E-state index is 3.68. The molecule has 0 bridgehead atoms. The van der Waals surface area contributed by atoms with Crippen LogP contribution in [0, 0.1) is 13.8 Å². The van der Waals surface area contributed by atoms with Gasteiger partial charge in [-0.05, 0) is 51.3 Å². The summed E-state index contributed by atoms with van der Waals surface area (Å²) >= 11 is 0. The number of rotatable bonds is 4. The molecule has 0 unspecified atom stereocenters. The van der Waals surface area contributed by atoms with Crippen molar-refractivity contribution in [3.05, 3.63) is 23.0 Å². The predicted octanol–water partition coefficient (Wildman–Crippen LogP) is 2.72. The second-order valence-electron chi connectivity index (χ2n) is 5.14. The summed E-state index contributed by atoms with van der Waals surface area (Å²) in [7, 11) is 2.15. The van der Waals surface area contributed by atoms with Crippen LogP contribution in [0.5, 0.6) is 0 Å². The summed E-state index contributed by atoms with van der Waals surface area (Å²) in [6.07, 6.45) is 6.77. The molecule has 1 heterocycles. The first-order valence-corrected chi connectivity index (χ1v) is 6.53. The van der Waals surface area contributed by atoms with Gasteiger partial charge in [-0.1, -0.05) is 12.8 Å². The molecule has 0 aliphatic heterocycles. The maximum absolute atomic E-state index is 3.68. The fourth-order valence-corrected chi connectivity index (χ4v) is 2.73. The van der Waals surface area contributed by atoms with Gasteiger partial charge in [0.05, 0.1) is 0 Å². The summed E-state index contributed by atoms with van der Waals surface area (Å²) in [5, 5.41) is 3.68. The Labute approximate surface area is 99.0 Å². The van der Waals surface area contributed by atoms with Crippen LogP contribution in [-0.4, -0.2) is 17.2 Å². The van der Waals surface area contributed by atoms with Gasteiger partial charge in [-0.15, -0.1) is 0 Å². The molecule has 0 spiro atoms. The molecule has 0 aromatic carbocycles. The molecule has 2 heteroatoms. The first-order chi connectivity index (χ1) is 7.68. The third-order valence-electron chi connectivity index (χ3n) is 4.06. The predicted molar refractivity (Wildman–Crippen MR) is 68.8 cm³/mol. The summed E-state index contributed by atoms with van der Waals surface area (Å²) in [6, 6.07) is 3.12. The molecular weight excluding hydrogens is 196 g/mol. The summed E-state index contributed by atoms with van der Waals surface area (Å²) in [4.78, 5) is 0. The molecule has 0 radical (unpaired) electrons. The van der Waals surface area contributed by atoms with Crippen molar-refractivity contribution in [2.75, 3.05) is 6.54 Å². The van der Waals surface area contributed by atoms with Gasteiger partial charge in [0.1, 0.15) is 0 Å². The van der Waals surface area contributed by atoms with Crippen LogP contribution in [0.4, 0.5) is 0 Å². The minimum atomic E-state index is 0.796. The Hall–Kier alpha value is -0.760. The molecule has 1 aliphatic rings. The van der Waals surface area contributed by atoms with Crippen molar-refractivity contribution in [1.82, 2.24) is 9.88 Å². The van der Waals surface area contributed by atoms with Gasteiger partial charge in [0, 0.05) is 24.5 Å². The number of nitrogens with zero attached hydrogens (tertiary/aromatic N) is 1. The van der Waals surface area contributed by atoms with E-state index in [2.05, 4.69) is 36.8 Å². The molecule has 1 fully saturated rings. The fourth-order valence-electron chi connectivity index (χ4n) is 2.73. The van der Waals surface area contributed by atoms with Crippen molar-refractivity contribution in [3.63, 3.8) is 0 Å². The molecule has 16 heavy (non-hydrogen) atoms. The van der Waals surface area contributed by atoms with Gasteiger partial charge in [-0.2, -0.15) is 0 Å². The van der Waals surface area contributed by atoms with E-state index in [1.165, 1.54) is 49.1 Å². The highest BCUT2D eigenvalue weighted by molar-refractivity contribution is 5.26. The molecular formula is C14H24N2. The van der Waals surface area contributed by atoms with Crippen LogP contribution in [0.3, 0.4) is 0 Å². The van der Waals surface area contributed by atoms with Gasteiger partial charge in [-0.3, -0.25) is 0 Å². The minimum absolute atomic E-state index is 0.796. The summed E-state index contributed by atoms with van der Waals surface area (Å²) in [6.45, 7) is 5.54. The molecule has 0 atom stereocenters. The van der Waals surface area contributed by atoms with Crippen molar-refractivity contribution >= 4 is 0 Å². The number of hydrogen-bond donors (Lipinski definition) is 1. The zero-order valence-electron chi connectivity index (χ0n) is 10.8. The van der Waals surface area contributed by atoms with Crippen LogP contribution < -0.4 is 5.32 Å². The highest BCUT2D eigenvalue weighted by Gasteiger charge is 2.14. The van der Waals surface area contributed by atoms with Gasteiger partial charge in [-0.25, -0.2) is 0 Å². The van der Waals surface area contributed by atoms with E-state index in [0.29, 0.717) is 0 Å². The molecule has 1 saturated carbocycles. The lowest BCUT2D eigenvalue weighted by molar-refractivity contribution is 0.527. The van der Waals surface area contributed by atoms with Gasteiger partial charge >= 0.3 is 0 Å². The molecule has 0 saturated heterocycles. The van der Waals surface area contributed by atoms with Crippen molar-refractivity contribution in [3.8, 4) is 0 Å². The van der Waals surface area contributed by atoms with Crippen LogP contribution >= 0.6 is 0 Å². The summed E-state index contributed by atoms with van der Waals surface area (Å²) in [5.41, 5.74) is 4.30. The summed E-state index contributed by atoms with van der Waals surface area (Å²) in [5.74, 6) is 0. The molecule has 2 rings (SSSR count). The third-order valence-corrected chi connectivity index (χ3v) is 4.06. The van der Waals surface area contributed by atoms with Crippen molar-refractivity contribution in [1.29, 1.82) is 0 Å². The Morgan fingerprint density at radius 3 is 2.56 bits per heavy atom. The second-order valence-corrected chi connectivity index (χ2v) is 5.14. The molecule has 2 nitrogen and oxygen atoms in total. The van der Waals surface area contributed by atoms with Crippen LogP contribution in [0.1, 0.15) is 42.6 Å². The smallest absolute Gasteiger partial charge is 0.0175 e. The average Bonchev–Trinajstić information content (AvgIpc) is 2.85. The van der Waals surface area contributed by atoms with Crippen LogP contribution in [0.2, 0.25) is 0 Å². The molecule has 1 N–H and O–H groups in total. The van der Waals surface area contributed by atoms with E-state index >= 15 is 0 Å². The highest BCUT2D eigenvalue weighted by Crippen LogP contribution is 2.18. The Morgan fingerprint density at radius 1 is 1.31 bits per heavy atom. The Kier molecular flexibility index (Phi) is 3.70. The van der Waals surface area contributed by atoms with Crippen molar-refractivity contribution in [2.45, 2.75) is 52.0 Å². The lowest BCUT2D eigenvalue weighted by Gasteiger charge is -2.11. The highest BCUT2D eigenvalue weighted by atomic mass is 15.0. The monoisotopic (exact) mass is 220 g/mol. The number of aromatic nitrogens is 1. The molecule has 1 aliphatic carbocycles. The van der Waals surface area contributed by atoms with Crippen molar-refractivity contribution in [2.24, 2.45) is 7.05 Å². The average molecular weight is 220 g/mol. The zero-order chi connectivity index (χ0) is 11.5. The van der Waals surface area contributed by atoms with E-state index < -0.39 is 0 Å². The third kappa shape index (κ3) is 2.49. The SMILES string of the molecule is Cc1cc(CCNC2CCCC2)c(C)n1C. The topological polar surface area (TPSA) is 17.0 Å². The van der Waals surface area contributed by atoms with E-state index in [4.69, 9.17) is 0 Å². The van der Waals surface area contributed by atoms with E-state index in [1.807, 2.05) is 0 Å². The second kappa shape index (κ2) is 5.05. The van der Waals surface area contributed by atoms with E-state index in [1.54, 1.807) is 0 Å².